The molecule has 0 aliphatic rings. The van der Waals surface area contributed by atoms with Crippen molar-refractivity contribution in [1.82, 2.24) is 0 Å². The van der Waals surface area contributed by atoms with Gasteiger partial charge in [0.05, 0.1) is 28.4 Å². The number of esters is 3. The van der Waals surface area contributed by atoms with Crippen LogP contribution in [0.5, 0.6) is 40.2 Å². The van der Waals surface area contributed by atoms with E-state index in [1.165, 1.54) is 47.5 Å². The maximum Gasteiger partial charge on any atom is 0.308 e. The molecule has 0 unspecified atom stereocenters. The molecule has 0 saturated heterocycles. The van der Waals surface area contributed by atoms with Crippen molar-refractivity contribution in [2.75, 3.05) is 28.4 Å². The summed E-state index contributed by atoms with van der Waals surface area (Å²) in [5, 5.41) is -0.204. The first kappa shape index (κ1) is 26.9. The number of benzene rings is 2. The quantitative estimate of drug-likeness (QED) is 0.320. The second-order valence-corrected chi connectivity index (χ2v) is 7.39. The highest BCUT2D eigenvalue weighted by Crippen LogP contribution is 2.51. The largest absolute Gasteiger partial charge is 0.493 e. The van der Waals surface area contributed by atoms with E-state index < -0.39 is 23.3 Å². The summed E-state index contributed by atoms with van der Waals surface area (Å²) in [6, 6.07) is 4.02. The van der Waals surface area contributed by atoms with E-state index in [2.05, 4.69) is 0 Å². The molecule has 0 N–H and O–H groups in total. The Morgan fingerprint density at radius 1 is 0.622 bits per heavy atom. The lowest BCUT2D eigenvalue weighted by Crippen LogP contribution is -2.12. The van der Waals surface area contributed by atoms with Crippen LogP contribution >= 0.6 is 0 Å². The van der Waals surface area contributed by atoms with Crippen molar-refractivity contribution in [3.63, 3.8) is 0 Å². The van der Waals surface area contributed by atoms with Crippen molar-refractivity contribution >= 4 is 28.9 Å². The van der Waals surface area contributed by atoms with Crippen molar-refractivity contribution in [1.29, 1.82) is 0 Å². The molecule has 3 aromatic rings. The molecule has 12 nitrogen and oxygen atoms in total. The number of ether oxygens (including phenoxy) is 7. The van der Waals surface area contributed by atoms with E-state index in [1.807, 2.05) is 0 Å². The zero-order valence-electron chi connectivity index (χ0n) is 21.1. The van der Waals surface area contributed by atoms with E-state index in [0.29, 0.717) is 0 Å². The van der Waals surface area contributed by atoms with E-state index in [0.717, 1.165) is 19.9 Å². The van der Waals surface area contributed by atoms with Crippen molar-refractivity contribution in [2.24, 2.45) is 0 Å². The molecule has 0 amide bonds. The highest BCUT2D eigenvalue weighted by atomic mass is 16.6. The van der Waals surface area contributed by atoms with Gasteiger partial charge in [-0.25, -0.2) is 0 Å². The summed E-state index contributed by atoms with van der Waals surface area (Å²) in [6.07, 6.45) is 0. The van der Waals surface area contributed by atoms with Crippen LogP contribution in [0.4, 0.5) is 0 Å². The third kappa shape index (κ3) is 5.27. The number of carbonyl (C=O) groups is 3. The molecular formula is C25H24O12. The third-order valence-electron chi connectivity index (χ3n) is 4.88. The predicted octanol–water partition coefficient (Wildman–Crippen LogP) is 3.27. The lowest BCUT2D eigenvalue weighted by molar-refractivity contribution is -0.133. The average molecular weight is 516 g/mol. The van der Waals surface area contributed by atoms with Crippen LogP contribution < -0.4 is 38.6 Å². The Morgan fingerprint density at radius 2 is 1.16 bits per heavy atom. The fraction of sp³-hybridized carbons (Fsp3) is 0.280. The summed E-state index contributed by atoms with van der Waals surface area (Å²) in [7, 11) is 5.24. The van der Waals surface area contributed by atoms with Gasteiger partial charge in [-0.3, -0.25) is 19.2 Å². The topological polar surface area (TPSA) is 146 Å². The molecule has 0 radical (unpaired) electrons. The summed E-state index contributed by atoms with van der Waals surface area (Å²) in [5.41, 5.74) is -0.599. The van der Waals surface area contributed by atoms with Crippen LogP contribution in [0, 0.1) is 0 Å². The highest BCUT2D eigenvalue weighted by molar-refractivity contribution is 5.98. The monoisotopic (exact) mass is 516 g/mol. The lowest BCUT2D eigenvalue weighted by Gasteiger charge is -2.18. The van der Waals surface area contributed by atoms with Crippen LogP contribution in [0.25, 0.3) is 22.3 Å². The van der Waals surface area contributed by atoms with Gasteiger partial charge in [-0.15, -0.1) is 0 Å². The molecule has 0 aliphatic heterocycles. The van der Waals surface area contributed by atoms with Gasteiger partial charge in [-0.2, -0.15) is 0 Å². The number of carbonyl (C=O) groups excluding carboxylic acids is 3. The molecule has 196 valence electrons. The zero-order valence-corrected chi connectivity index (χ0v) is 21.1. The molecule has 1 heterocycles. The third-order valence-corrected chi connectivity index (χ3v) is 4.88. The summed E-state index contributed by atoms with van der Waals surface area (Å²) in [6.45, 7) is 3.47. The van der Waals surface area contributed by atoms with E-state index in [4.69, 9.17) is 37.6 Å². The summed E-state index contributed by atoms with van der Waals surface area (Å²) in [5.74, 6) is -2.80. The number of methoxy groups -OCH3 is 4. The van der Waals surface area contributed by atoms with Crippen LogP contribution in [0.1, 0.15) is 20.8 Å². The molecule has 0 spiro atoms. The van der Waals surface area contributed by atoms with Gasteiger partial charge in [0.2, 0.25) is 23.0 Å². The first-order valence-corrected chi connectivity index (χ1v) is 10.6. The SMILES string of the molecule is COc1cc(-c2cc(=O)c3c(OC(C)=O)c(OC)c(OC(C)=O)c(OC)c3o2)cc(OC(C)=O)c1OC. The van der Waals surface area contributed by atoms with Crippen molar-refractivity contribution < 1.29 is 52.0 Å². The summed E-state index contributed by atoms with van der Waals surface area (Å²) >= 11 is 0. The van der Waals surface area contributed by atoms with Gasteiger partial charge in [-0.05, 0) is 12.1 Å². The minimum absolute atomic E-state index is 0.00926. The number of fused-ring (bicyclic) bond motifs is 1. The number of rotatable bonds is 8. The lowest BCUT2D eigenvalue weighted by atomic mass is 10.1. The van der Waals surface area contributed by atoms with E-state index in [-0.39, 0.29) is 62.5 Å². The van der Waals surface area contributed by atoms with Gasteiger partial charge in [-0.1, -0.05) is 0 Å². The maximum atomic E-state index is 13.4. The van der Waals surface area contributed by atoms with Gasteiger partial charge in [0.1, 0.15) is 11.1 Å². The second-order valence-electron chi connectivity index (χ2n) is 7.39. The summed E-state index contributed by atoms with van der Waals surface area (Å²) < 4.78 is 43.2. The Bertz CT molecular complexity index is 1450. The molecule has 37 heavy (non-hydrogen) atoms. The van der Waals surface area contributed by atoms with Gasteiger partial charge in [0.15, 0.2) is 28.3 Å². The van der Waals surface area contributed by atoms with Crippen molar-refractivity contribution in [3.05, 3.63) is 28.4 Å². The number of hydrogen-bond donors (Lipinski definition) is 0. The van der Waals surface area contributed by atoms with E-state index in [9.17, 15) is 19.2 Å². The molecule has 12 heteroatoms. The standard InChI is InChI=1S/C25H24O12/c1-11(26)34-18-9-14(8-17(30-4)20(18)31-5)16-10-15(29)19-21(35-12(2)27)23(32-6)25(36-13(3)28)24(33-7)22(19)37-16/h8-10H,1-7H3. The van der Waals surface area contributed by atoms with Crippen LogP contribution in [0.15, 0.2) is 27.4 Å². The average Bonchev–Trinajstić information content (AvgIpc) is 2.82. The molecule has 0 aliphatic carbocycles. The fourth-order valence-electron chi connectivity index (χ4n) is 3.58. The molecule has 0 bridgehead atoms. The van der Waals surface area contributed by atoms with Gasteiger partial charge < -0.3 is 37.6 Å². The minimum Gasteiger partial charge on any atom is -0.493 e. The predicted molar refractivity (Wildman–Crippen MR) is 128 cm³/mol. The van der Waals surface area contributed by atoms with Crippen LogP contribution in [-0.2, 0) is 14.4 Å². The van der Waals surface area contributed by atoms with Gasteiger partial charge in [0, 0.05) is 32.4 Å². The Kier molecular flexibility index (Phi) is 7.91. The first-order chi connectivity index (χ1) is 17.6. The normalized spacial score (nSPS) is 10.5. The van der Waals surface area contributed by atoms with Crippen LogP contribution in [0.3, 0.4) is 0 Å². The van der Waals surface area contributed by atoms with Gasteiger partial charge >= 0.3 is 17.9 Å². The molecule has 1 aromatic heterocycles. The van der Waals surface area contributed by atoms with Crippen LogP contribution in [-0.4, -0.2) is 46.3 Å². The summed E-state index contributed by atoms with van der Waals surface area (Å²) in [4.78, 5) is 48.7. The second kappa shape index (κ2) is 10.9. The number of hydrogen-bond acceptors (Lipinski definition) is 12. The van der Waals surface area contributed by atoms with Crippen molar-refractivity contribution in [3.8, 4) is 51.6 Å². The fourth-order valence-corrected chi connectivity index (χ4v) is 3.58. The zero-order chi connectivity index (χ0) is 27.4. The van der Waals surface area contributed by atoms with Crippen molar-refractivity contribution in [2.45, 2.75) is 20.8 Å². The van der Waals surface area contributed by atoms with Crippen LogP contribution in [0.2, 0.25) is 0 Å². The minimum atomic E-state index is -0.770. The Morgan fingerprint density at radius 3 is 1.68 bits per heavy atom. The highest BCUT2D eigenvalue weighted by Gasteiger charge is 2.30. The molecule has 2 aromatic carbocycles. The van der Waals surface area contributed by atoms with E-state index >= 15 is 0 Å². The Balaban J connectivity index is 2.46. The van der Waals surface area contributed by atoms with E-state index in [1.54, 1.807) is 0 Å². The van der Waals surface area contributed by atoms with Gasteiger partial charge in [0.25, 0.3) is 0 Å². The molecule has 0 fully saturated rings. The molecule has 0 saturated carbocycles. The molecular weight excluding hydrogens is 492 g/mol. The molecule has 0 atom stereocenters. The Hall–Kier alpha value is -4.74. The molecule has 3 rings (SSSR count). The Labute approximate surface area is 210 Å². The maximum absolute atomic E-state index is 13.4. The smallest absolute Gasteiger partial charge is 0.308 e. The first-order valence-electron chi connectivity index (χ1n) is 10.6.